The number of aryl methyl sites for hydroxylation is 1. The Balaban J connectivity index is 1.43. The van der Waals surface area contributed by atoms with E-state index in [1.165, 1.54) is 11.8 Å². The van der Waals surface area contributed by atoms with Gasteiger partial charge in [-0.1, -0.05) is 0 Å². The maximum atomic E-state index is 12.1. The minimum absolute atomic E-state index is 0.174. The van der Waals surface area contributed by atoms with Crippen LogP contribution in [0.25, 0.3) is 11.0 Å². The van der Waals surface area contributed by atoms with Crippen molar-refractivity contribution in [1.29, 1.82) is 0 Å². The van der Waals surface area contributed by atoms with Gasteiger partial charge in [-0.05, 0) is 80.4 Å². The highest BCUT2D eigenvalue weighted by Crippen LogP contribution is 2.24. The molecular weight excluding hydrogens is 394 g/mol. The second-order valence-corrected chi connectivity index (χ2v) is 9.04. The number of ether oxygens (including phenoxy) is 1. The molecule has 1 amide bonds. The molecule has 26 heavy (non-hydrogen) atoms. The minimum Gasteiger partial charge on any atom is -0.444 e. The third-order valence-corrected chi connectivity index (χ3v) is 5.28. The lowest BCUT2D eigenvalue weighted by molar-refractivity contribution is 0.0180. The number of aromatic nitrogens is 2. The van der Waals surface area contributed by atoms with Crippen LogP contribution in [-0.4, -0.2) is 39.2 Å². The molecule has 0 saturated carbocycles. The van der Waals surface area contributed by atoms with Gasteiger partial charge in [-0.15, -0.1) is 0 Å². The molecule has 0 bridgehead atoms. The van der Waals surface area contributed by atoms with Crippen LogP contribution in [0, 0.1) is 5.92 Å². The Labute approximate surface area is 163 Å². The molecule has 5 nitrogen and oxygen atoms in total. The SMILES string of the molecule is CC(C)(C)OC(=O)N1CCC(CCCn2ccc3cc(Br)cnc32)CC1. The van der Waals surface area contributed by atoms with Crippen LogP contribution in [0.4, 0.5) is 4.79 Å². The smallest absolute Gasteiger partial charge is 0.410 e. The van der Waals surface area contributed by atoms with Crippen LogP contribution in [-0.2, 0) is 11.3 Å². The molecule has 3 heterocycles. The van der Waals surface area contributed by atoms with E-state index in [0.717, 1.165) is 49.0 Å². The number of carbonyl (C=O) groups excluding carboxylic acids is 1. The Kier molecular flexibility index (Phi) is 5.90. The van der Waals surface area contributed by atoms with E-state index < -0.39 is 5.60 Å². The van der Waals surface area contributed by atoms with Crippen LogP contribution < -0.4 is 0 Å². The molecule has 0 aliphatic carbocycles. The number of hydrogen-bond acceptors (Lipinski definition) is 3. The van der Waals surface area contributed by atoms with E-state index in [0.29, 0.717) is 5.92 Å². The van der Waals surface area contributed by atoms with Gasteiger partial charge in [0.05, 0.1) is 0 Å². The summed E-state index contributed by atoms with van der Waals surface area (Å²) in [5, 5.41) is 1.17. The first-order valence-corrected chi connectivity index (χ1v) is 10.2. The molecule has 0 aromatic carbocycles. The number of amides is 1. The highest BCUT2D eigenvalue weighted by atomic mass is 79.9. The van der Waals surface area contributed by atoms with Crippen molar-refractivity contribution < 1.29 is 9.53 Å². The van der Waals surface area contributed by atoms with Crippen LogP contribution in [0.15, 0.2) is 29.0 Å². The quantitative estimate of drug-likeness (QED) is 0.678. The minimum atomic E-state index is -0.420. The molecule has 3 rings (SSSR count). The van der Waals surface area contributed by atoms with E-state index in [9.17, 15) is 4.79 Å². The number of fused-ring (bicyclic) bond motifs is 1. The van der Waals surface area contributed by atoms with E-state index in [1.54, 1.807) is 0 Å². The fraction of sp³-hybridized carbons (Fsp3) is 0.600. The number of hydrogen-bond donors (Lipinski definition) is 0. The maximum Gasteiger partial charge on any atom is 0.410 e. The molecule has 0 unspecified atom stereocenters. The molecule has 0 radical (unpaired) electrons. The van der Waals surface area contributed by atoms with Gasteiger partial charge in [0, 0.05) is 41.9 Å². The van der Waals surface area contributed by atoms with Gasteiger partial charge < -0.3 is 14.2 Å². The zero-order valence-corrected chi connectivity index (χ0v) is 17.5. The summed E-state index contributed by atoms with van der Waals surface area (Å²) in [5.41, 5.74) is 0.629. The number of halogens is 1. The standard InChI is InChI=1S/C20H28BrN3O2/c1-20(2,3)26-19(25)24-10-6-15(7-11-24)5-4-9-23-12-8-16-13-17(21)14-22-18(16)23/h8,12-15H,4-7,9-11H2,1-3H3. The van der Waals surface area contributed by atoms with Crippen LogP contribution in [0.3, 0.4) is 0 Å². The monoisotopic (exact) mass is 421 g/mol. The van der Waals surface area contributed by atoms with Crippen LogP contribution >= 0.6 is 15.9 Å². The van der Waals surface area contributed by atoms with Gasteiger partial charge in [-0.3, -0.25) is 0 Å². The average molecular weight is 422 g/mol. The Morgan fingerprint density at radius 1 is 1.35 bits per heavy atom. The highest BCUT2D eigenvalue weighted by molar-refractivity contribution is 9.10. The number of nitrogens with zero attached hydrogens (tertiary/aromatic N) is 3. The highest BCUT2D eigenvalue weighted by Gasteiger charge is 2.26. The molecule has 0 spiro atoms. The molecule has 0 N–H and O–H groups in total. The Morgan fingerprint density at radius 3 is 2.77 bits per heavy atom. The Hall–Kier alpha value is -1.56. The second kappa shape index (κ2) is 7.99. The number of piperidine rings is 1. The van der Waals surface area contributed by atoms with Crippen molar-refractivity contribution in [3.8, 4) is 0 Å². The normalized spacial score (nSPS) is 16.2. The molecule has 6 heteroatoms. The summed E-state index contributed by atoms with van der Waals surface area (Å²) in [6.07, 6.45) is 8.26. The number of pyridine rings is 1. The van der Waals surface area contributed by atoms with E-state index in [-0.39, 0.29) is 6.09 Å². The molecule has 0 atom stereocenters. The fourth-order valence-electron chi connectivity index (χ4n) is 3.51. The Morgan fingerprint density at radius 2 is 2.08 bits per heavy atom. The number of rotatable bonds is 4. The molecule has 1 aliphatic heterocycles. The molecular formula is C20H28BrN3O2. The van der Waals surface area contributed by atoms with Crippen molar-refractivity contribution >= 4 is 33.1 Å². The van der Waals surface area contributed by atoms with Gasteiger partial charge in [0.25, 0.3) is 0 Å². The van der Waals surface area contributed by atoms with Crippen LogP contribution in [0.2, 0.25) is 0 Å². The summed E-state index contributed by atoms with van der Waals surface area (Å²) < 4.78 is 8.71. The van der Waals surface area contributed by atoms with Gasteiger partial charge in [0.2, 0.25) is 0 Å². The predicted octanol–water partition coefficient (Wildman–Crippen LogP) is 5.23. The summed E-state index contributed by atoms with van der Waals surface area (Å²) in [7, 11) is 0. The lowest BCUT2D eigenvalue weighted by Crippen LogP contribution is -2.41. The van der Waals surface area contributed by atoms with Gasteiger partial charge in [0.1, 0.15) is 11.2 Å². The van der Waals surface area contributed by atoms with E-state index in [4.69, 9.17) is 4.74 Å². The predicted molar refractivity (Wildman–Crippen MR) is 107 cm³/mol. The molecule has 142 valence electrons. The zero-order valence-electron chi connectivity index (χ0n) is 15.9. The fourth-order valence-corrected chi connectivity index (χ4v) is 3.86. The first-order chi connectivity index (χ1) is 12.3. The van der Waals surface area contributed by atoms with Crippen molar-refractivity contribution in [1.82, 2.24) is 14.5 Å². The third kappa shape index (κ3) is 5.00. The largest absolute Gasteiger partial charge is 0.444 e. The molecule has 2 aromatic rings. The summed E-state index contributed by atoms with van der Waals surface area (Å²) in [6.45, 7) is 8.34. The Bertz CT molecular complexity index is 758. The topological polar surface area (TPSA) is 47.4 Å². The summed E-state index contributed by atoms with van der Waals surface area (Å²) in [4.78, 5) is 18.5. The van der Waals surface area contributed by atoms with Crippen LogP contribution in [0.5, 0.6) is 0 Å². The molecule has 1 fully saturated rings. The van der Waals surface area contributed by atoms with Crippen molar-refractivity contribution in [3.05, 3.63) is 29.0 Å². The summed E-state index contributed by atoms with van der Waals surface area (Å²) in [5.74, 6) is 0.692. The summed E-state index contributed by atoms with van der Waals surface area (Å²) >= 11 is 3.47. The lowest BCUT2D eigenvalue weighted by Gasteiger charge is -2.33. The van der Waals surface area contributed by atoms with E-state index >= 15 is 0 Å². The van der Waals surface area contributed by atoms with Crippen molar-refractivity contribution in [2.45, 2.75) is 58.6 Å². The lowest BCUT2D eigenvalue weighted by atomic mass is 9.92. The van der Waals surface area contributed by atoms with E-state index in [1.807, 2.05) is 31.9 Å². The van der Waals surface area contributed by atoms with Gasteiger partial charge in [-0.25, -0.2) is 9.78 Å². The molecule has 2 aromatic heterocycles. The first kappa shape index (κ1) is 19.2. The van der Waals surface area contributed by atoms with Gasteiger partial charge in [-0.2, -0.15) is 0 Å². The van der Waals surface area contributed by atoms with Gasteiger partial charge in [0.15, 0.2) is 0 Å². The second-order valence-electron chi connectivity index (χ2n) is 8.13. The molecule has 1 saturated heterocycles. The van der Waals surface area contributed by atoms with Crippen molar-refractivity contribution in [3.63, 3.8) is 0 Å². The first-order valence-electron chi connectivity index (χ1n) is 9.40. The number of carbonyl (C=O) groups is 1. The third-order valence-electron chi connectivity index (χ3n) is 4.85. The molecule has 1 aliphatic rings. The number of likely N-dealkylation sites (tertiary alicyclic amines) is 1. The average Bonchev–Trinajstić information content (AvgIpc) is 2.96. The maximum absolute atomic E-state index is 12.1. The van der Waals surface area contributed by atoms with Crippen molar-refractivity contribution in [2.75, 3.05) is 13.1 Å². The summed E-state index contributed by atoms with van der Waals surface area (Å²) in [6, 6.07) is 4.22. The van der Waals surface area contributed by atoms with Crippen LogP contribution in [0.1, 0.15) is 46.5 Å². The van der Waals surface area contributed by atoms with Gasteiger partial charge >= 0.3 is 6.09 Å². The van der Waals surface area contributed by atoms with E-state index in [2.05, 4.69) is 43.8 Å². The van der Waals surface area contributed by atoms with Crippen molar-refractivity contribution in [2.24, 2.45) is 5.92 Å². The zero-order chi connectivity index (χ0) is 18.7.